The molecule has 8 heteroatoms. The van der Waals surface area contributed by atoms with E-state index in [1.54, 1.807) is 20.8 Å². The van der Waals surface area contributed by atoms with E-state index in [1.165, 1.54) is 10.5 Å². The molecule has 0 aliphatic rings. The molecule has 2 aromatic rings. The van der Waals surface area contributed by atoms with Gasteiger partial charge in [0.1, 0.15) is 0 Å². The standard InChI is InChI=1S/C13H15F3N4O/c1-12(2,3)11(21)17-6-10-19-18-9-5-4-8(7-20(9)10)13(14,15)16/h4-5,7H,6H2,1-3H3,(H,17,21). The van der Waals surface area contributed by atoms with Crippen molar-refractivity contribution in [2.45, 2.75) is 33.5 Å². The number of hydrogen-bond acceptors (Lipinski definition) is 3. The van der Waals surface area contributed by atoms with Crippen molar-refractivity contribution in [2.75, 3.05) is 0 Å². The molecule has 2 heterocycles. The third-order valence-corrected chi connectivity index (χ3v) is 2.89. The van der Waals surface area contributed by atoms with Crippen LogP contribution in [0.4, 0.5) is 13.2 Å². The maximum absolute atomic E-state index is 12.7. The highest BCUT2D eigenvalue weighted by Gasteiger charge is 2.31. The molecule has 5 nitrogen and oxygen atoms in total. The molecule has 0 atom stereocenters. The molecule has 0 bridgehead atoms. The molecule has 114 valence electrons. The SMILES string of the molecule is CC(C)(C)C(=O)NCc1nnc2ccc(C(F)(F)F)cn12. The predicted octanol–water partition coefficient (Wildman–Crippen LogP) is 2.41. The molecule has 0 radical (unpaired) electrons. The van der Waals surface area contributed by atoms with Gasteiger partial charge in [0.05, 0.1) is 12.1 Å². The quantitative estimate of drug-likeness (QED) is 0.926. The Morgan fingerprint density at radius 3 is 2.48 bits per heavy atom. The van der Waals surface area contributed by atoms with Crippen LogP contribution >= 0.6 is 0 Å². The highest BCUT2D eigenvalue weighted by Crippen LogP contribution is 2.29. The summed E-state index contributed by atoms with van der Waals surface area (Å²) < 4.78 is 39.3. The number of aromatic nitrogens is 3. The Hall–Kier alpha value is -2.12. The van der Waals surface area contributed by atoms with Crippen LogP contribution in [0, 0.1) is 5.41 Å². The van der Waals surface area contributed by atoms with Gasteiger partial charge in [0.25, 0.3) is 0 Å². The van der Waals surface area contributed by atoms with Gasteiger partial charge in [-0.1, -0.05) is 20.8 Å². The number of nitrogens with one attached hydrogen (secondary N) is 1. The lowest BCUT2D eigenvalue weighted by Gasteiger charge is -2.17. The summed E-state index contributed by atoms with van der Waals surface area (Å²) in [4.78, 5) is 11.8. The zero-order valence-corrected chi connectivity index (χ0v) is 11.8. The summed E-state index contributed by atoms with van der Waals surface area (Å²) in [5.41, 5.74) is -1.08. The number of carbonyl (C=O) groups is 1. The van der Waals surface area contributed by atoms with Gasteiger partial charge in [-0.15, -0.1) is 10.2 Å². The van der Waals surface area contributed by atoms with Crippen molar-refractivity contribution in [1.82, 2.24) is 19.9 Å². The molecule has 0 saturated heterocycles. The molecule has 0 spiro atoms. The Morgan fingerprint density at radius 2 is 1.90 bits per heavy atom. The lowest BCUT2D eigenvalue weighted by molar-refractivity contribution is -0.138. The van der Waals surface area contributed by atoms with Crippen molar-refractivity contribution in [3.8, 4) is 0 Å². The van der Waals surface area contributed by atoms with Crippen LogP contribution in [-0.2, 0) is 17.5 Å². The molecule has 0 unspecified atom stereocenters. The van der Waals surface area contributed by atoms with Gasteiger partial charge >= 0.3 is 6.18 Å². The minimum atomic E-state index is -4.44. The third kappa shape index (κ3) is 3.32. The first-order valence-corrected chi connectivity index (χ1v) is 6.28. The summed E-state index contributed by atoms with van der Waals surface area (Å²) in [6, 6.07) is 2.19. The zero-order valence-electron chi connectivity index (χ0n) is 11.8. The molecule has 2 aromatic heterocycles. The van der Waals surface area contributed by atoms with E-state index in [0.717, 1.165) is 12.3 Å². The maximum atomic E-state index is 12.7. The van der Waals surface area contributed by atoms with Crippen LogP contribution in [0.2, 0.25) is 0 Å². The van der Waals surface area contributed by atoms with Crippen molar-refractivity contribution in [3.63, 3.8) is 0 Å². The second kappa shape index (κ2) is 5.01. The molecule has 0 fully saturated rings. The van der Waals surface area contributed by atoms with Crippen molar-refractivity contribution in [3.05, 3.63) is 29.7 Å². The minimum Gasteiger partial charge on any atom is -0.348 e. The third-order valence-electron chi connectivity index (χ3n) is 2.89. The largest absolute Gasteiger partial charge is 0.417 e. The van der Waals surface area contributed by atoms with Gasteiger partial charge in [0, 0.05) is 11.6 Å². The van der Waals surface area contributed by atoms with E-state index in [1.807, 2.05) is 0 Å². The Labute approximate surface area is 119 Å². The van der Waals surface area contributed by atoms with Gasteiger partial charge < -0.3 is 5.32 Å². The summed E-state index contributed by atoms with van der Waals surface area (Å²) in [7, 11) is 0. The van der Waals surface area contributed by atoms with Crippen LogP contribution < -0.4 is 5.32 Å². The molecule has 0 aliphatic carbocycles. The Bertz CT molecular complexity index is 670. The molecule has 0 aliphatic heterocycles. The molecule has 0 aromatic carbocycles. The second-order valence-corrected chi connectivity index (χ2v) is 5.69. The molecule has 1 amide bonds. The molecule has 2 rings (SSSR count). The fourth-order valence-electron chi connectivity index (χ4n) is 1.65. The van der Waals surface area contributed by atoms with Crippen LogP contribution in [0.25, 0.3) is 5.65 Å². The Kier molecular flexibility index (Phi) is 3.65. The van der Waals surface area contributed by atoms with E-state index in [2.05, 4.69) is 15.5 Å². The van der Waals surface area contributed by atoms with Crippen molar-refractivity contribution in [2.24, 2.45) is 5.41 Å². The number of nitrogens with zero attached hydrogens (tertiary/aromatic N) is 3. The van der Waals surface area contributed by atoms with Gasteiger partial charge in [-0.25, -0.2) is 0 Å². The number of amides is 1. The lowest BCUT2D eigenvalue weighted by Crippen LogP contribution is -2.34. The second-order valence-electron chi connectivity index (χ2n) is 5.69. The first kappa shape index (κ1) is 15.3. The van der Waals surface area contributed by atoms with Crippen molar-refractivity contribution in [1.29, 1.82) is 0 Å². The maximum Gasteiger partial charge on any atom is 0.417 e. The van der Waals surface area contributed by atoms with Crippen LogP contribution in [-0.4, -0.2) is 20.5 Å². The van der Waals surface area contributed by atoms with Crippen LogP contribution in [0.15, 0.2) is 18.3 Å². The topological polar surface area (TPSA) is 59.3 Å². The predicted molar refractivity (Wildman–Crippen MR) is 69.3 cm³/mol. The average molecular weight is 300 g/mol. The number of pyridine rings is 1. The Balaban J connectivity index is 2.27. The van der Waals surface area contributed by atoms with Gasteiger partial charge in [0.15, 0.2) is 11.5 Å². The number of rotatable bonds is 2. The number of fused-ring (bicyclic) bond motifs is 1. The minimum absolute atomic E-state index is 0.0125. The monoisotopic (exact) mass is 300 g/mol. The average Bonchev–Trinajstić information content (AvgIpc) is 2.76. The number of carbonyl (C=O) groups excluding carboxylic acids is 1. The number of halogens is 3. The number of alkyl halides is 3. The molecule has 21 heavy (non-hydrogen) atoms. The Morgan fingerprint density at radius 1 is 1.24 bits per heavy atom. The van der Waals surface area contributed by atoms with E-state index < -0.39 is 17.2 Å². The van der Waals surface area contributed by atoms with E-state index in [9.17, 15) is 18.0 Å². The smallest absolute Gasteiger partial charge is 0.348 e. The van der Waals surface area contributed by atoms with Gasteiger partial charge in [-0.3, -0.25) is 9.20 Å². The zero-order chi connectivity index (χ0) is 15.8. The van der Waals surface area contributed by atoms with Crippen LogP contribution in [0.1, 0.15) is 32.2 Å². The summed E-state index contributed by atoms with van der Waals surface area (Å²) in [5, 5.41) is 10.2. The van der Waals surface area contributed by atoms with E-state index >= 15 is 0 Å². The van der Waals surface area contributed by atoms with E-state index in [-0.39, 0.29) is 18.3 Å². The fraction of sp³-hybridized carbons (Fsp3) is 0.462. The van der Waals surface area contributed by atoms with E-state index in [0.29, 0.717) is 5.65 Å². The summed E-state index contributed by atoms with van der Waals surface area (Å²) in [6.45, 7) is 5.24. The first-order valence-electron chi connectivity index (χ1n) is 6.28. The normalized spacial score (nSPS) is 12.7. The van der Waals surface area contributed by atoms with Crippen molar-refractivity contribution < 1.29 is 18.0 Å². The van der Waals surface area contributed by atoms with Crippen LogP contribution in [0.3, 0.4) is 0 Å². The molecular weight excluding hydrogens is 285 g/mol. The van der Waals surface area contributed by atoms with Gasteiger partial charge in [-0.2, -0.15) is 13.2 Å². The highest BCUT2D eigenvalue weighted by molar-refractivity contribution is 5.81. The van der Waals surface area contributed by atoms with Gasteiger partial charge in [0.2, 0.25) is 5.91 Å². The van der Waals surface area contributed by atoms with Crippen molar-refractivity contribution >= 4 is 11.6 Å². The summed E-state index contributed by atoms with van der Waals surface area (Å²) in [5.74, 6) is 0.0277. The van der Waals surface area contributed by atoms with E-state index in [4.69, 9.17) is 0 Å². The molecule has 0 saturated carbocycles. The summed E-state index contributed by atoms with van der Waals surface area (Å²) in [6.07, 6.45) is -3.52. The number of hydrogen-bond donors (Lipinski definition) is 1. The summed E-state index contributed by atoms with van der Waals surface area (Å²) >= 11 is 0. The first-order chi connectivity index (χ1) is 9.59. The fourth-order valence-corrected chi connectivity index (χ4v) is 1.65. The highest BCUT2D eigenvalue weighted by atomic mass is 19.4. The molecular formula is C13H15F3N4O. The van der Waals surface area contributed by atoms with Gasteiger partial charge in [-0.05, 0) is 12.1 Å². The lowest BCUT2D eigenvalue weighted by atomic mass is 9.96. The molecule has 1 N–H and O–H groups in total. The van der Waals surface area contributed by atoms with Crippen LogP contribution in [0.5, 0.6) is 0 Å².